The van der Waals surface area contributed by atoms with Crippen LogP contribution in [0.3, 0.4) is 0 Å². The van der Waals surface area contributed by atoms with Crippen molar-refractivity contribution in [3.05, 3.63) is 0 Å². The third kappa shape index (κ3) is 4.12. The van der Waals surface area contributed by atoms with E-state index in [-0.39, 0.29) is 5.66 Å². The van der Waals surface area contributed by atoms with Crippen molar-refractivity contribution in [3.8, 4) is 0 Å². The van der Waals surface area contributed by atoms with Crippen LogP contribution < -0.4 is 0 Å². The van der Waals surface area contributed by atoms with Crippen molar-refractivity contribution in [2.45, 2.75) is 17.2 Å². The van der Waals surface area contributed by atoms with Crippen LogP contribution >= 0.6 is 0 Å². The van der Waals surface area contributed by atoms with Crippen LogP contribution in [0.25, 0.3) is 0 Å². The first-order chi connectivity index (χ1) is 10.8. The molecular weight excluding hydrogens is 332 g/mol. The third-order valence-corrected chi connectivity index (χ3v) is 11.7. The van der Waals surface area contributed by atoms with Gasteiger partial charge in [0.05, 0.1) is 5.66 Å². The molecule has 1 atom stereocenters. The Labute approximate surface area is 156 Å². The Bertz CT molecular complexity index is 342. The molecule has 0 rings (SSSR count). The molecule has 0 aromatic carbocycles. The van der Waals surface area contributed by atoms with Crippen molar-refractivity contribution in [3.63, 3.8) is 0 Å². The highest BCUT2D eigenvalue weighted by Gasteiger charge is 2.59. The second kappa shape index (κ2) is 9.22. The van der Waals surface area contributed by atoms with E-state index in [9.17, 15) is 0 Å². The lowest BCUT2D eigenvalue weighted by Gasteiger charge is -2.61. The molecule has 6 nitrogen and oxygen atoms in total. The minimum absolute atomic E-state index is 0.101. The maximum Gasteiger partial charge on any atom is 0.294 e. The molecule has 1 unspecified atom stereocenters. The highest BCUT2D eigenvalue weighted by Crippen LogP contribution is 2.43. The predicted molar refractivity (Wildman–Crippen MR) is 110 cm³/mol. The van der Waals surface area contributed by atoms with Gasteiger partial charge >= 0.3 is 0 Å². The van der Waals surface area contributed by atoms with Gasteiger partial charge in [-0.2, -0.15) is 0 Å². The Morgan fingerprint density at radius 3 is 1.21 bits per heavy atom. The van der Waals surface area contributed by atoms with E-state index in [0.29, 0.717) is 5.54 Å². The standard InChI is InChI=1S/C16H41N6Si2/c1-17(2)14-16(18(3)4,19(5)6)15(13-23)24(20(7)8,21(9)10)22(11)12/h15H,13-14H2,1-12H3. The summed E-state index contributed by atoms with van der Waals surface area (Å²) in [6.45, 7) is 0.965. The van der Waals surface area contributed by atoms with Crippen molar-refractivity contribution < 1.29 is 0 Å². The third-order valence-electron chi connectivity index (χ3n) is 5.30. The minimum atomic E-state index is -2.14. The summed E-state index contributed by atoms with van der Waals surface area (Å²) in [4.78, 5) is 7.10. The number of likely N-dealkylation sites (N-methyl/N-ethyl adjacent to an activating group) is 3. The molecule has 0 N–H and O–H groups in total. The molecule has 0 amide bonds. The van der Waals surface area contributed by atoms with Gasteiger partial charge in [-0.1, -0.05) is 6.04 Å². The fraction of sp³-hybridized carbons (Fsp3) is 1.00. The molecule has 0 aliphatic heterocycles. The van der Waals surface area contributed by atoms with Crippen LogP contribution in [0.2, 0.25) is 11.6 Å². The van der Waals surface area contributed by atoms with Gasteiger partial charge < -0.3 is 18.6 Å². The maximum atomic E-state index is 3.96. The SMILES string of the molecule is CN(C)CC(C(C[Si])[Si](N(C)C)(N(C)C)N(C)C)(N(C)C)N(C)C. The van der Waals surface area contributed by atoms with Crippen LogP contribution in [0.1, 0.15) is 0 Å². The Hall–Kier alpha value is 0.194. The number of hydrogen-bond acceptors (Lipinski definition) is 6. The summed E-state index contributed by atoms with van der Waals surface area (Å²) in [5.74, 6) is 0. The highest BCUT2D eigenvalue weighted by atomic mass is 28.4. The molecule has 0 saturated heterocycles. The van der Waals surface area contributed by atoms with E-state index in [1.54, 1.807) is 0 Å². The van der Waals surface area contributed by atoms with Crippen LogP contribution in [-0.2, 0) is 0 Å². The molecule has 3 radical (unpaired) electrons. The first-order valence-electron chi connectivity index (χ1n) is 8.49. The van der Waals surface area contributed by atoms with Crippen molar-refractivity contribution in [2.24, 2.45) is 0 Å². The summed E-state index contributed by atoms with van der Waals surface area (Å²) in [6.07, 6.45) is 0. The zero-order valence-electron chi connectivity index (χ0n) is 18.2. The van der Waals surface area contributed by atoms with Crippen LogP contribution in [-0.4, -0.2) is 144 Å². The van der Waals surface area contributed by atoms with E-state index in [1.807, 2.05) is 0 Å². The molecule has 0 aliphatic carbocycles. The number of rotatable bonds is 10. The van der Waals surface area contributed by atoms with Gasteiger partial charge in [0.1, 0.15) is 0 Å². The summed E-state index contributed by atoms with van der Waals surface area (Å²) < 4.78 is 7.40. The average molecular weight is 374 g/mol. The molecule has 0 bridgehead atoms. The van der Waals surface area contributed by atoms with Crippen molar-refractivity contribution in [2.75, 3.05) is 91.1 Å². The van der Waals surface area contributed by atoms with Gasteiger partial charge in [-0.15, -0.1) is 0 Å². The van der Waals surface area contributed by atoms with E-state index >= 15 is 0 Å². The van der Waals surface area contributed by atoms with Gasteiger partial charge in [0, 0.05) is 22.3 Å². The van der Waals surface area contributed by atoms with Crippen LogP contribution in [0, 0.1) is 0 Å². The van der Waals surface area contributed by atoms with Crippen molar-refractivity contribution >= 4 is 18.8 Å². The van der Waals surface area contributed by atoms with Crippen molar-refractivity contribution in [1.29, 1.82) is 0 Å². The minimum Gasteiger partial charge on any atom is -0.306 e. The fourth-order valence-corrected chi connectivity index (χ4v) is 11.5. The quantitative estimate of drug-likeness (QED) is 0.392. The van der Waals surface area contributed by atoms with Gasteiger partial charge in [-0.25, -0.2) is 0 Å². The highest BCUT2D eigenvalue weighted by molar-refractivity contribution is 6.73. The van der Waals surface area contributed by atoms with Crippen molar-refractivity contribution in [1.82, 2.24) is 28.4 Å². The largest absolute Gasteiger partial charge is 0.306 e. The summed E-state index contributed by atoms with van der Waals surface area (Å²) in [6, 6.07) is 0.935. The van der Waals surface area contributed by atoms with Crippen LogP contribution in [0.4, 0.5) is 0 Å². The van der Waals surface area contributed by atoms with Gasteiger partial charge in [-0.05, 0) is 84.6 Å². The Kier molecular flexibility index (Phi) is 9.30. The first-order valence-corrected chi connectivity index (χ1v) is 11.1. The molecule has 143 valence electrons. The molecule has 0 aromatic heterocycles. The molecule has 0 heterocycles. The molecule has 0 saturated carbocycles. The topological polar surface area (TPSA) is 19.4 Å². The lowest BCUT2D eigenvalue weighted by Crippen LogP contribution is -2.79. The summed E-state index contributed by atoms with van der Waals surface area (Å²) >= 11 is 0. The molecule has 8 heteroatoms. The summed E-state index contributed by atoms with van der Waals surface area (Å²) in [5.41, 5.74) is 0.310. The van der Waals surface area contributed by atoms with Gasteiger partial charge in [0.15, 0.2) is 0 Å². The van der Waals surface area contributed by atoms with Gasteiger partial charge in [-0.3, -0.25) is 9.80 Å². The molecule has 0 aliphatic rings. The van der Waals surface area contributed by atoms with E-state index < -0.39 is 8.56 Å². The second-order valence-corrected chi connectivity index (χ2v) is 13.2. The van der Waals surface area contributed by atoms with Gasteiger partial charge in [0.2, 0.25) is 0 Å². The Morgan fingerprint density at radius 1 is 0.708 bits per heavy atom. The fourth-order valence-electron chi connectivity index (χ4n) is 4.63. The summed E-state index contributed by atoms with van der Waals surface area (Å²) in [7, 11) is 28.3. The number of nitrogens with zero attached hydrogens (tertiary/aromatic N) is 6. The molecule has 0 spiro atoms. The lowest BCUT2D eigenvalue weighted by atomic mass is 10.0. The average Bonchev–Trinajstić information content (AvgIpc) is 2.39. The second-order valence-electron chi connectivity index (χ2n) is 8.03. The zero-order chi connectivity index (χ0) is 19.5. The summed E-state index contributed by atoms with van der Waals surface area (Å²) in [5, 5.41) is 0. The van der Waals surface area contributed by atoms with E-state index in [1.165, 1.54) is 0 Å². The van der Waals surface area contributed by atoms with Gasteiger partial charge in [0.25, 0.3) is 8.56 Å². The molecular formula is C16H41N6Si2. The van der Waals surface area contributed by atoms with E-state index in [4.69, 9.17) is 0 Å². The maximum absolute atomic E-state index is 3.96. The van der Waals surface area contributed by atoms with E-state index in [2.05, 4.69) is 123 Å². The normalized spacial score (nSPS) is 15.6. The van der Waals surface area contributed by atoms with Crippen LogP contribution in [0.5, 0.6) is 0 Å². The predicted octanol–water partition coefficient (Wildman–Crippen LogP) is -0.0518. The Morgan fingerprint density at radius 2 is 1.04 bits per heavy atom. The lowest BCUT2D eigenvalue weighted by molar-refractivity contribution is -0.0276. The zero-order valence-corrected chi connectivity index (χ0v) is 20.2. The number of hydrogen-bond donors (Lipinski definition) is 0. The molecule has 0 fully saturated rings. The first kappa shape index (κ1) is 24.2. The smallest absolute Gasteiger partial charge is 0.294 e. The monoisotopic (exact) mass is 373 g/mol. The Balaban J connectivity index is 6.65. The van der Waals surface area contributed by atoms with E-state index in [0.717, 1.165) is 12.6 Å². The van der Waals surface area contributed by atoms with Crippen LogP contribution in [0.15, 0.2) is 0 Å². The molecule has 24 heavy (non-hydrogen) atoms. The molecule has 0 aromatic rings.